The van der Waals surface area contributed by atoms with Gasteiger partial charge in [-0.15, -0.1) is 0 Å². The fourth-order valence-electron chi connectivity index (χ4n) is 4.85. The highest BCUT2D eigenvalue weighted by molar-refractivity contribution is 6.33. The number of nitrogens with zero attached hydrogens (tertiary/aromatic N) is 3. The second kappa shape index (κ2) is 8.81. The van der Waals surface area contributed by atoms with Crippen molar-refractivity contribution in [2.75, 3.05) is 23.0 Å². The molecule has 0 radical (unpaired) electrons. The second-order valence-electron chi connectivity index (χ2n) is 9.43. The minimum Gasteiger partial charge on any atom is -0.490 e. The summed E-state index contributed by atoms with van der Waals surface area (Å²) in [6, 6.07) is 2.53. The van der Waals surface area contributed by atoms with Crippen molar-refractivity contribution in [1.82, 2.24) is 4.98 Å². The van der Waals surface area contributed by atoms with Crippen LogP contribution < -0.4 is 14.5 Å². The van der Waals surface area contributed by atoms with Gasteiger partial charge in [-0.05, 0) is 51.5 Å². The van der Waals surface area contributed by atoms with E-state index >= 15 is 0 Å². The first-order chi connectivity index (χ1) is 17.3. The fourth-order valence-corrected chi connectivity index (χ4v) is 5.07. The molecule has 2 aromatic rings. The first kappa shape index (κ1) is 25.7. The number of hydrogen-bond acceptors (Lipinski definition) is 6. The van der Waals surface area contributed by atoms with Crippen LogP contribution >= 0.6 is 11.6 Å². The van der Waals surface area contributed by atoms with E-state index in [9.17, 15) is 27.2 Å². The highest BCUT2D eigenvalue weighted by Crippen LogP contribution is 2.44. The van der Waals surface area contributed by atoms with Gasteiger partial charge in [0.15, 0.2) is 17.6 Å². The molecule has 0 spiro atoms. The molecule has 0 aliphatic carbocycles. The molecule has 3 atom stereocenters. The summed E-state index contributed by atoms with van der Waals surface area (Å²) >= 11 is 6.10. The van der Waals surface area contributed by atoms with Crippen LogP contribution in [0.5, 0.6) is 5.75 Å². The lowest BCUT2D eigenvalue weighted by Crippen LogP contribution is -2.52. The standard InChI is InChI=1S/C24H22ClF4N3O5/c1-11-9-12(24(27,28)29)10-15(30-11)32-17(19-20(22(32)34)37-23(2,3)36-19)21(33)31-7-4-8-35-18-14(31)6-5-13(26)16(18)25/h5-6,9-10,17,19-20H,4,7-8H2,1-3H3/t17-,19-,20-/m0/s1. The maximum Gasteiger partial charge on any atom is 0.416 e. The van der Waals surface area contributed by atoms with Gasteiger partial charge in [-0.3, -0.25) is 14.5 Å². The predicted octanol–water partition coefficient (Wildman–Crippen LogP) is 4.25. The third kappa shape index (κ3) is 4.40. The highest BCUT2D eigenvalue weighted by atomic mass is 35.5. The Balaban J connectivity index is 1.63. The zero-order valence-corrected chi connectivity index (χ0v) is 20.7. The summed E-state index contributed by atoms with van der Waals surface area (Å²) in [5.74, 6) is -3.82. The van der Waals surface area contributed by atoms with Gasteiger partial charge in [0, 0.05) is 12.2 Å². The molecular weight excluding hydrogens is 522 g/mol. The molecule has 198 valence electrons. The Morgan fingerprint density at radius 2 is 1.95 bits per heavy atom. The molecule has 1 aromatic heterocycles. The van der Waals surface area contributed by atoms with Crippen molar-refractivity contribution in [3.05, 3.63) is 46.4 Å². The smallest absolute Gasteiger partial charge is 0.416 e. The van der Waals surface area contributed by atoms with Crippen LogP contribution in [-0.2, 0) is 25.2 Å². The van der Waals surface area contributed by atoms with Gasteiger partial charge < -0.3 is 19.1 Å². The number of alkyl halides is 3. The van der Waals surface area contributed by atoms with E-state index in [1.165, 1.54) is 17.9 Å². The third-order valence-corrected chi connectivity index (χ3v) is 6.68. The largest absolute Gasteiger partial charge is 0.490 e. The molecule has 0 unspecified atom stereocenters. The third-order valence-electron chi connectivity index (χ3n) is 6.32. The molecule has 3 aliphatic rings. The molecule has 3 aliphatic heterocycles. The van der Waals surface area contributed by atoms with Crippen molar-refractivity contribution in [2.45, 2.75) is 57.4 Å². The van der Waals surface area contributed by atoms with E-state index < -0.39 is 53.4 Å². The molecule has 37 heavy (non-hydrogen) atoms. The van der Waals surface area contributed by atoms with E-state index in [-0.39, 0.29) is 41.1 Å². The van der Waals surface area contributed by atoms with Gasteiger partial charge >= 0.3 is 6.18 Å². The quantitative estimate of drug-likeness (QED) is 0.527. The zero-order chi connectivity index (χ0) is 26.9. The number of aromatic nitrogens is 1. The number of ether oxygens (including phenoxy) is 3. The molecule has 1 aromatic carbocycles. The molecule has 2 saturated heterocycles. The Hall–Kier alpha value is -2.96. The number of pyridine rings is 1. The van der Waals surface area contributed by atoms with Crippen LogP contribution in [0.15, 0.2) is 24.3 Å². The van der Waals surface area contributed by atoms with Crippen LogP contribution in [0.1, 0.15) is 31.5 Å². The van der Waals surface area contributed by atoms with E-state index in [1.54, 1.807) is 13.8 Å². The van der Waals surface area contributed by atoms with Crippen molar-refractivity contribution in [3.8, 4) is 5.75 Å². The summed E-state index contributed by atoms with van der Waals surface area (Å²) in [6.45, 7) is 4.74. The molecule has 4 heterocycles. The normalized spacial score (nSPS) is 25.0. The Kier molecular flexibility index (Phi) is 6.12. The number of rotatable bonds is 2. The van der Waals surface area contributed by atoms with Gasteiger partial charge in [0.25, 0.3) is 11.8 Å². The Morgan fingerprint density at radius 3 is 2.65 bits per heavy atom. The molecule has 2 fully saturated rings. The average molecular weight is 544 g/mol. The zero-order valence-electron chi connectivity index (χ0n) is 19.9. The van der Waals surface area contributed by atoms with E-state index in [0.29, 0.717) is 12.5 Å². The summed E-state index contributed by atoms with van der Waals surface area (Å²) < 4.78 is 72.1. The number of aryl methyl sites for hydroxylation is 1. The fraction of sp³-hybridized carbons (Fsp3) is 0.458. The molecule has 2 amide bonds. The Morgan fingerprint density at radius 1 is 1.22 bits per heavy atom. The van der Waals surface area contributed by atoms with E-state index in [4.69, 9.17) is 25.8 Å². The van der Waals surface area contributed by atoms with Gasteiger partial charge in [-0.1, -0.05) is 11.6 Å². The molecule has 8 nitrogen and oxygen atoms in total. The van der Waals surface area contributed by atoms with Crippen molar-refractivity contribution in [2.24, 2.45) is 0 Å². The lowest BCUT2D eigenvalue weighted by atomic mass is 10.1. The van der Waals surface area contributed by atoms with Crippen LogP contribution in [0.4, 0.5) is 29.1 Å². The van der Waals surface area contributed by atoms with Crippen molar-refractivity contribution >= 4 is 34.9 Å². The summed E-state index contributed by atoms with van der Waals surface area (Å²) in [5, 5.41) is -0.314. The molecule has 13 heteroatoms. The topological polar surface area (TPSA) is 81.2 Å². The van der Waals surface area contributed by atoms with E-state index in [1.807, 2.05) is 0 Å². The number of anilines is 2. The van der Waals surface area contributed by atoms with Crippen molar-refractivity contribution in [1.29, 1.82) is 0 Å². The molecule has 0 N–H and O–H groups in total. The molecule has 5 rings (SSSR count). The van der Waals surface area contributed by atoms with E-state index in [2.05, 4.69) is 4.98 Å². The minimum absolute atomic E-state index is 0.00109. The minimum atomic E-state index is -4.71. The maximum atomic E-state index is 14.1. The van der Waals surface area contributed by atoms with Crippen LogP contribution in [-0.4, -0.2) is 54.0 Å². The number of benzene rings is 1. The van der Waals surface area contributed by atoms with Gasteiger partial charge in [0.05, 0.1) is 17.9 Å². The van der Waals surface area contributed by atoms with Gasteiger partial charge in [0.1, 0.15) is 28.8 Å². The predicted molar refractivity (Wildman–Crippen MR) is 123 cm³/mol. The van der Waals surface area contributed by atoms with Gasteiger partial charge in [-0.2, -0.15) is 13.2 Å². The SMILES string of the molecule is Cc1cc(C(F)(F)F)cc(N2C(=O)[C@H]3OC(C)(C)O[C@H]3[C@H]2C(=O)N2CCCOc3c2ccc(F)c3Cl)n1. The summed E-state index contributed by atoms with van der Waals surface area (Å²) in [7, 11) is 0. The molecular formula is C24H22ClF4N3O5. The van der Waals surface area contributed by atoms with Crippen LogP contribution in [0.2, 0.25) is 5.02 Å². The summed E-state index contributed by atoms with van der Waals surface area (Å²) in [5.41, 5.74) is -0.862. The van der Waals surface area contributed by atoms with Crippen molar-refractivity contribution in [3.63, 3.8) is 0 Å². The lowest BCUT2D eigenvalue weighted by molar-refractivity contribution is -0.161. The first-order valence-corrected chi connectivity index (χ1v) is 11.8. The monoisotopic (exact) mass is 543 g/mol. The number of hydrogen-bond donors (Lipinski definition) is 0. The number of carbonyl (C=O) groups excluding carboxylic acids is 2. The number of carbonyl (C=O) groups is 2. The molecule has 0 saturated carbocycles. The highest BCUT2D eigenvalue weighted by Gasteiger charge is 2.61. The van der Waals surface area contributed by atoms with Crippen LogP contribution in [0, 0.1) is 12.7 Å². The van der Waals surface area contributed by atoms with Crippen LogP contribution in [0.3, 0.4) is 0 Å². The number of halogens is 5. The number of fused-ring (bicyclic) bond motifs is 2. The van der Waals surface area contributed by atoms with Gasteiger partial charge in [0.2, 0.25) is 0 Å². The van der Waals surface area contributed by atoms with Crippen molar-refractivity contribution < 1.29 is 41.4 Å². The number of amides is 2. The van der Waals surface area contributed by atoms with E-state index in [0.717, 1.165) is 17.0 Å². The first-order valence-electron chi connectivity index (χ1n) is 11.5. The lowest BCUT2D eigenvalue weighted by Gasteiger charge is -2.32. The Labute approximate surface area is 214 Å². The molecule has 0 bridgehead atoms. The second-order valence-corrected chi connectivity index (χ2v) is 9.81. The van der Waals surface area contributed by atoms with Crippen LogP contribution in [0.25, 0.3) is 0 Å². The summed E-state index contributed by atoms with van der Waals surface area (Å²) in [6.07, 6.45) is -6.76. The maximum absolute atomic E-state index is 14.1. The average Bonchev–Trinajstić information content (AvgIpc) is 3.14. The summed E-state index contributed by atoms with van der Waals surface area (Å²) in [4.78, 5) is 33.9. The Bertz CT molecular complexity index is 1290. The van der Waals surface area contributed by atoms with Gasteiger partial charge in [-0.25, -0.2) is 9.37 Å².